The first-order valence-electron chi connectivity index (χ1n) is 8.83. The Labute approximate surface area is 152 Å². The fourth-order valence-corrected chi connectivity index (χ4v) is 3.86. The highest BCUT2D eigenvalue weighted by molar-refractivity contribution is 6.07. The van der Waals surface area contributed by atoms with E-state index in [1.807, 2.05) is 42.5 Å². The molecule has 2 aliphatic heterocycles. The second-order valence-electron chi connectivity index (χ2n) is 6.95. The van der Waals surface area contributed by atoms with Gasteiger partial charge in [-0.1, -0.05) is 36.4 Å². The van der Waals surface area contributed by atoms with Crippen LogP contribution < -0.4 is 0 Å². The highest BCUT2D eigenvalue weighted by Gasteiger charge is 2.45. The third-order valence-corrected chi connectivity index (χ3v) is 5.54. The number of carbonyl (C=O) groups is 3. The van der Waals surface area contributed by atoms with Gasteiger partial charge < -0.3 is 14.7 Å². The Hall–Kier alpha value is -2.89. The van der Waals surface area contributed by atoms with Gasteiger partial charge in [0.1, 0.15) is 12.1 Å². The maximum absolute atomic E-state index is 13.1. The van der Waals surface area contributed by atoms with Gasteiger partial charge in [-0.25, -0.2) is 0 Å². The van der Waals surface area contributed by atoms with E-state index in [0.717, 1.165) is 10.8 Å². The van der Waals surface area contributed by atoms with E-state index in [9.17, 15) is 14.4 Å². The van der Waals surface area contributed by atoms with Crippen molar-refractivity contribution in [1.82, 2.24) is 14.7 Å². The van der Waals surface area contributed by atoms with Crippen molar-refractivity contribution in [2.45, 2.75) is 19.0 Å². The van der Waals surface area contributed by atoms with Gasteiger partial charge in [0.15, 0.2) is 0 Å². The summed E-state index contributed by atoms with van der Waals surface area (Å²) in [6.45, 7) is 2.81. The summed E-state index contributed by atoms with van der Waals surface area (Å²) in [7, 11) is 1.65. The molecule has 2 aromatic rings. The van der Waals surface area contributed by atoms with Gasteiger partial charge in [0.25, 0.3) is 5.91 Å². The molecular formula is C20H21N3O3. The smallest absolute Gasteiger partial charge is 0.254 e. The molecule has 0 aromatic heterocycles. The quantitative estimate of drug-likeness (QED) is 0.779. The average Bonchev–Trinajstić information content (AvgIpc) is 2.69. The number of piperazine rings is 2. The summed E-state index contributed by atoms with van der Waals surface area (Å²) in [5.74, 6) is -0.246. The van der Waals surface area contributed by atoms with E-state index < -0.39 is 12.1 Å². The molecule has 6 heteroatoms. The Morgan fingerprint density at radius 3 is 2.54 bits per heavy atom. The lowest BCUT2D eigenvalue weighted by Gasteiger charge is -2.47. The van der Waals surface area contributed by atoms with Crippen LogP contribution in [0.3, 0.4) is 0 Å². The lowest BCUT2D eigenvalue weighted by molar-refractivity contribution is -0.162. The minimum Gasteiger partial charge on any atom is -0.334 e. The fraction of sp³-hybridized carbons (Fsp3) is 0.350. The molecule has 0 radical (unpaired) electrons. The molecule has 2 saturated heterocycles. The summed E-state index contributed by atoms with van der Waals surface area (Å²) in [6, 6.07) is 12.4. The van der Waals surface area contributed by atoms with Crippen molar-refractivity contribution in [2.75, 3.05) is 26.7 Å². The number of fused-ring (bicyclic) bond motifs is 2. The zero-order valence-electron chi connectivity index (χ0n) is 14.9. The van der Waals surface area contributed by atoms with Crippen LogP contribution in [0.4, 0.5) is 0 Å². The van der Waals surface area contributed by atoms with E-state index in [2.05, 4.69) is 0 Å². The van der Waals surface area contributed by atoms with Crippen LogP contribution in [0.15, 0.2) is 42.5 Å². The third kappa shape index (κ3) is 2.44. The molecule has 4 rings (SSSR count). The van der Waals surface area contributed by atoms with Crippen LogP contribution in [0.2, 0.25) is 0 Å². The topological polar surface area (TPSA) is 60.9 Å². The van der Waals surface area contributed by atoms with Crippen molar-refractivity contribution in [3.05, 3.63) is 48.0 Å². The summed E-state index contributed by atoms with van der Waals surface area (Å²) in [6.07, 6.45) is 0. The zero-order valence-corrected chi connectivity index (χ0v) is 14.9. The van der Waals surface area contributed by atoms with Gasteiger partial charge in [0.2, 0.25) is 11.8 Å². The second-order valence-corrected chi connectivity index (χ2v) is 6.95. The summed E-state index contributed by atoms with van der Waals surface area (Å²) < 4.78 is 0. The van der Waals surface area contributed by atoms with Crippen molar-refractivity contribution < 1.29 is 14.4 Å². The maximum Gasteiger partial charge on any atom is 0.254 e. The number of carbonyl (C=O) groups excluding carboxylic acids is 3. The molecule has 0 aliphatic carbocycles. The number of benzene rings is 2. The molecule has 0 spiro atoms. The lowest BCUT2D eigenvalue weighted by atomic mass is 10.0. The number of rotatable bonds is 1. The van der Waals surface area contributed by atoms with Gasteiger partial charge in [-0.05, 0) is 23.8 Å². The first kappa shape index (κ1) is 16.6. The Bertz CT molecular complexity index is 905. The Morgan fingerprint density at radius 2 is 1.73 bits per heavy atom. The van der Waals surface area contributed by atoms with Crippen molar-refractivity contribution in [3.63, 3.8) is 0 Å². The molecule has 2 heterocycles. The fourth-order valence-electron chi connectivity index (χ4n) is 3.86. The zero-order chi connectivity index (χ0) is 18.4. The Morgan fingerprint density at radius 1 is 1.00 bits per heavy atom. The largest absolute Gasteiger partial charge is 0.334 e. The average molecular weight is 351 g/mol. The normalized spacial score (nSPS) is 23.4. The van der Waals surface area contributed by atoms with Crippen molar-refractivity contribution in [1.29, 1.82) is 0 Å². The van der Waals surface area contributed by atoms with Gasteiger partial charge in [-0.2, -0.15) is 0 Å². The van der Waals surface area contributed by atoms with Crippen molar-refractivity contribution in [2.24, 2.45) is 0 Å². The predicted molar refractivity (Wildman–Crippen MR) is 97.6 cm³/mol. The molecule has 2 aliphatic rings. The molecule has 2 aromatic carbocycles. The Kier molecular flexibility index (Phi) is 3.90. The SMILES string of the molecule is CC1C(=O)N2CCN(C(=O)c3cccc4ccccc34)CC2C(=O)N1C. The first-order chi connectivity index (χ1) is 12.5. The highest BCUT2D eigenvalue weighted by Crippen LogP contribution is 2.24. The number of hydrogen-bond acceptors (Lipinski definition) is 3. The maximum atomic E-state index is 13.1. The monoisotopic (exact) mass is 351 g/mol. The molecule has 2 atom stereocenters. The molecule has 134 valence electrons. The van der Waals surface area contributed by atoms with E-state index in [-0.39, 0.29) is 24.3 Å². The molecule has 26 heavy (non-hydrogen) atoms. The highest BCUT2D eigenvalue weighted by atomic mass is 16.2. The van der Waals surface area contributed by atoms with Gasteiger partial charge in [-0.15, -0.1) is 0 Å². The molecule has 0 N–H and O–H groups in total. The van der Waals surface area contributed by atoms with Gasteiger partial charge in [0.05, 0.1) is 6.54 Å². The van der Waals surface area contributed by atoms with Gasteiger partial charge in [0, 0.05) is 25.7 Å². The molecule has 0 bridgehead atoms. The summed E-state index contributed by atoms with van der Waals surface area (Å²) in [4.78, 5) is 43.0. The van der Waals surface area contributed by atoms with Gasteiger partial charge in [-0.3, -0.25) is 14.4 Å². The third-order valence-electron chi connectivity index (χ3n) is 5.54. The summed E-state index contributed by atoms with van der Waals surface area (Å²) in [5, 5.41) is 1.91. The first-order valence-corrected chi connectivity index (χ1v) is 8.83. The number of likely N-dealkylation sites (N-methyl/N-ethyl adjacent to an activating group) is 1. The van der Waals surface area contributed by atoms with Crippen LogP contribution in [0, 0.1) is 0 Å². The van der Waals surface area contributed by atoms with Crippen LogP contribution in [0.1, 0.15) is 17.3 Å². The minimum atomic E-state index is -0.587. The summed E-state index contributed by atoms with van der Waals surface area (Å²) in [5.41, 5.74) is 0.632. The second kappa shape index (κ2) is 6.12. The molecule has 0 saturated carbocycles. The van der Waals surface area contributed by atoms with E-state index in [4.69, 9.17) is 0 Å². The van der Waals surface area contributed by atoms with Crippen molar-refractivity contribution in [3.8, 4) is 0 Å². The van der Waals surface area contributed by atoms with Gasteiger partial charge >= 0.3 is 0 Å². The van der Waals surface area contributed by atoms with Crippen LogP contribution in [-0.4, -0.2) is 71.2 Å². The molecular weight excluding hydrogens is 330 g/mol. The minimum absolute atomic E-state index is 0.0469. The molecule has 2 unspecified atom stereocenters. The standard InChI is InChI=1S/C20H21N3O3/c1-13-18(24)23-11-10-22(12-17(23)20(26)21(13)2)19(25)16-9-5-7-14-6-3-4-8-15(14)16/h3-9,13,17H,10-12H2,1-2H3. The molecule has 3 amide bonds. The Balaban J connectivity index is 1.63. The molecule has 2 fully saturated rings. The van der Waals surface area contributed by atoms with Crippen LogP contribution in [0.25, 0.3) is 10.8 Å². The number of hydrogen-bond donors (Lipinski definition) is 0. The summed E-state index contributed by atoms with van der Waals surface area (Å²) >= 11 is 0. The predicted octanol–water partition coefficient (Wildman–Crippen LogP) is 1.35. The van der Waals surface area contributed by atoms with E-state index in [0.29, 0.717) is 18.7 Å². The van der Waals surface area contributed by atoms with E-state index in [1.54, 1.807) is 23.8 Å². The lowest BCUT2D eigenvalue weighted by Crippen LogP contribution is -2.69. The van der Waals surface area contributed by atoms with Crippen LogP contribution in [0.5, 0.6) is 0 Å². The number of amides is 3. The van der Waals surface area contributed by atoms with Crippen LogP contribution in [-0.2, 0) is 9.59 Å². The van der Waals surface area contributed by atoms with Crippen LogP contribution >= 0.6 is 0 Å². The number of nitrogens with zero attached hydrogens (tertiary/aromatic N) is 3. The van der Waals surface area contributed by atoms with Crippen molar-refractivity contribution >= 4 is 28.5 Å². The molecule has 6 nitrogen and oxygen atoms in total. The van der Waals surface area contributed by atoms with E-state index >= 15 is 0 Å². The van der Waals surface area contributed by atoms with E-state index in [1.165, 1.54) is 4.90 Å².